The second kappa shape index (κ2) is 5.36. The third kappa shape index (κ3) is 2.99. The summed E-state index contributed by atoms with van der Waals surface area (Å²) >= 11 is 5.98. The first-order valence-electron chi connectivity index (χ1n) is 5.78. The molecule has 0 aromatic heterocycles. The van der Waals surface area contributed by atoms with Gasteiger partial charge in [-0.1, -0.05) is 17.7 Å². The third-order valence-electron chi connectivity index (χ3n) is 2.74. The summed E-state index contributed by atoms with van der Waals surface area (Å²) < 4.78 is 5.19. The lowest BCUT2D eigenvalue weighted by atomic mass is 10.1. The van der Waals surface area contributed by atoms with E-state index in [0.29, 0.717) is 29.2 Å². The lowest BCUT2D eigenvalue weighted by molar-refractivity contribution is -0.115. The number of halogens is 1. The molecular weight excluding hydrogens is 252 g/mol. The first-order valence-corrected chi connectivity index (χ1v) is 6.16. The second-order valence-corrected chi connectivity index (χ2v) is 4.71. The minimum absolute atomic E-state index is 0.000877. The van der Waals surface area contributed by atoms with Crippen LogP contribution in [0.5, 0.6) is 0 Å². The van der Waals surface area contributed by atoms with Gasteiger partial charge in [0.15, 0.2) is 5.78 Å². The quantitative estimate of drug-likeness (QED) is 0.769. The Bertz CT molecular complexity index is 532. The van der Waals surface area contributed by atoms with Gasteiger partial charge in [0.25, 0.3) is 0 Å². The van der Waals surface area contributed by atoms with Crippen LogP contribution < -0.4 is 0 Å². The van der Waals surface area contributed by atoms with Crippen molar-refractivity contribution in [3.63, 3.8) is 0 Å². The molecule has 0 saturated carbocycles. The van der Waals surface area contributed by atoms with E-state index in [-0.39, 0.29) is 5.78 Å². The van der Waals surface area contributed by atoms with E-state index in [0.717, 1.165) is 12.0 Å². The fraction of sp³-hybridized carbons (Fsp3) is 0.286. The van der Waals surface area contributed by atoms with Crippen LogP contribution in [-0.4, -0.2) is 11.8 Å². The normalized spacial score (nSPS) is 15.2. The summed E-state index contributed by atoms with van der Waals surface area (Å²) in [6.45, 7) is 1.89. The predicted molar refractivity (Wildman–Crippen MR) is 68.5 cm³/mol. The van der Waals surface area contributed by atoms with Crippen LogP contribution in [0.3, 0.4) is 0 Å². The van der Waals surface area contributed by atoms with Gasteiger partial charge in [-0.3, -0.25) is 4.79 Å². The van der Waals surface area contributed by atoms with Crippen LogP contribution in [0.4, 0.5) is 0 Å². The molecule has 3 nitrogen and oxygen atoms in total. The van der Waals surface area contributed by atoms with Gasteiger partial charge < -0.3 is 4.74 Å². The molecule has 0 spiro atoms. The maximum absolute atomic E-state index is 11.9. The molecule has 1 aliphatic carbocycles. The zero-order valence-corrected chi connectivity index (χ0v) is 10.8. The SMILES string of the molecule is Cc1ccc(C(=O)OC2=CC(=O)CCC2)c(Cl)c1. The van der Waals surface area contributed by atoms with Crippen LogP contribution in [0, 0.1) is 6.92 Å². The molecule has 94 valence electrons. The van der Waals surface area contributed by atoms with Gasteiger partial charge in [0.2, 0.25) is 0 Å². The van der Waals surface area contributed by atoms with E-state index in [1.807, 2.05) is 6.92 Å². The zero-order chi connectivity index (χ0) is 13.1. The number of rotatable bonds is 2. The van der Waals surface area contributed by atoms with E-state index in [1.165, 1.54) is 6.08 Å². The first kappa shape index (κ1) is 12.8. The molecule has 0 N–H and O–H groups in total. The topological polar surface area (TPSA) is 43.4 Å². The maximum Gasteiger partial charge on any atom is 0.344 e. The summed E-state index contributed by atoms with van der Waals surface area (Å²) in [6, 6.07) is 5.13. The Kier molecular flexibility index (Phi) is 3.82. The summed E-state index contributed by atoms with van der Waals surface area (Å²) in [5.41, 5.74) is 1.30. The minimum Gasteiger partial charge on any atom is -0.427 e. The number of ketones is 1. The molecule has 0 atom stereocenters. The summed E-state index contributed by atoms with van der Waals surface area (Å²) in [7, 11) is 0. The van der Waals surface area contributed by atoms with Crippen molar-refractivity contribution in [2.75, 3.05) is 0 Å². The van der Waals surface area contributed by atoms with Crippen LogP contribution in [-0.2, 0) is 9.53 Å². The standard InChI is InChI=1S/C14H13ClO3/c1-9-5-6-12(13(15)7-9)14(17)18-11-4-2-3-10(16)8-11/h5-8H,2-4H2,1H3. The Hall–Kier alpha value is -1.61. The highest BCUT2D eigenvalue weighted by Gasteiger charge is 2.17. The summed E-state index contributed by atoms with van der Waals surface area (Å²) in [5.74, 6) is -0.0899. The molecule has 1 aliphatic rings. The van der Waals surface area contributed by atoms with Gasteiger partial charge in [0.05, 0.1) is 10.6 Å². The van der Waals surface area contributed by atoms with Crippen molar-refractivity contribution in [3.8, 4) is 0 Å². The van der Waals surface area contributed by atoms with E-state index in [2.05, 4.69) is 0 Å². The Labute approximate surface area is 110 Å². The largest absolute Gasteiger partial charge is 0.427 e. The number of hydrogen-bond donors (Lipinski definition) is 0. The first-order chi connectivity index (χ1) is 8.56. The lowest BCUT2D eigenvalue weighted by Gasteiger charge is -2.12. The molecule has 0 heterocycles. The molecular formula is C14H13ClO3. The molecule has 0 fully saturated rings. The fourth-order valence-corrected chi connectivity index (χ4v) is 2.11. The number of aryl methyl sites for hydroxylation is 1. The number of carbonyl (C=O) groups excluding carboxylic acids is 2. The Morgan fingerprint density at radius 3 is 2.78 bits per heavy atom. The molecule has 0 aliphatic heterocycles. The maximum atomic E-state index is 11.9. The van der Waals surface area contributed by atoms with E-state index in [9.17, 15) is 9.59 Å². The Morgan fingerprint density at radius 1 is 1.33 bits per heavy atom. The molecule has 1 aromatic carbocycles. The van der Waals surface area contributed by atoms with Gasteiger partial charge in [-0.15, -0.1) is 0 Å². The Balaban J connectivity index is 2.15. The van der Waals surface area contributed by atoms with Crippen molar-refractivity contribution >= 4 is 23.4 Å². The third-order valence-corrected chi connectivity index (χ3v) is 3.05. The van der Waals surface area contributed by atoms with E-state index >= 15 is 0 Å². The average molecular weight is 265 g/mol. The number of benzene rings is 1. The van der Waals surface area contributed by atoms with Gasteiger partial charge in [0.1, 0.15) is 5.76 Å². The van der Waals surface area contributed by atoms with E-state index in [1.54, 1.807) is 18.2 Å². The van der Waals surface area contributed by atoms with Crippen molar-refractivity contribution in [2.24, 2.45) is 0 Å². The number of ether oxygens (including phenoxy) is 1. The van der Waals surface area contributed by atoms with Gasteiger partial charge in [-0.05, 0) is 31.0 Å². The molecule has 0 amide bonds. The molecule has 1 aromatic rings. The zero-order valence-electron chi connectivity index (χ0n) is 10.0. The molecule has 0 radical (unpaired) electrons. The fourth-order valence-electron chi connectivity index (χ4n) is 1.80. The molecule has 0 unspecified atom stereocenters. The van der Waals surface area contributed by atoms with Crippen LogP contribution in [0.1, 0.15) is 35.2 Å². The number of hydrogen-bond acceptors (Lipinski definition) is 3. The Morgan fingerprint density at radius 2 is 2.11 bits per heavy atom. The molecule has 4 heteroatoms. The van der Waals surface area contributed by atoms with Crippen molar-refractivity contribution in [3.05, 3.63) is 46.2 Å². The highest BCUT2D eigenvalue weighted by molar-refractivity contribution is 6.33. The van der Waals surface area contributed by atoms with Gasteiger partial charge in [0, 0.05) is 18.9 Å². The minimum atomic E-state index is -0.513. The summed E-state index contributed by atoms with van der Waals surface area (Å²) in [4.78, 5) is 23.1. The van der Waals surface area contributed by atoms with Crippen LogP contribution in [0.2, 0.25) is 5.02 Å². The summed E-state index contributed by atoms with van der Waals surface area (Å²) in [5, 5.41) is 0.364. The molecule has 2 rings (SSSR count). The van der Waals surface area contributed by atoms with Crippen molar-refractivity contribution in [2.45, 2.75) is 26.2 Å². The van der Waals surface area contributed by atoms with Gasteiger partial charge >= 0.3 is 5.97 Å². The lowest BCUT2D eigenvalue weighted by Crippen LogP contribution is -2.10. The van der Waals surface area contributed by atoms with Crippen LogP contribution in [0.15, 0.2) is 30.0 Å². The summed E-state index contributed by atoms with van der Waals surface area (Å²) in [6.07, 6.45) is 3.25. The number of carbonyl (C=O) groups is 2. The van der Waals surface area contributed by atoms with Gasteiger partial charge in [-0.25, -0.2) is 4.79 Å². The number of esters is 1. The second-order valence-electron chi connectivity index (χ2n) is 4.30. The van der Waals surface area contributed by atoms with E-state index < -0.39 is 5.97 Å². The van der Waals surface area contributed by atoms with Gasteiger partial charge in [-0.2, -0.15) is 0 Å². The number of allylic oxidation sites excluding steroid dienone is 2. The highest BCUT2D eigenvalue weighted by atomic mass is 35.5. The predicted octanol–water partition coefficient (Wildman–Crippen LogP) is 3.44. The molecule has 0 bridgehead atoms. The molecule has 18 heavy (non-hydrogen) atoms. The molecule has 0 saturated heterocycles. The van der Waals surface area contributed by atoms with Crippen LogP contribution >= 0.6 is 11.6 Å². The monoisotopic (exact) mass is 264 g/mol. The highest BCUT2D eigenvalue weighted by Crippen LogP contribution is 2.22. The average Bonchev–Trinajstić information content (AvgIpc) is 2.28. The van der Waals surface area contributed by atoms with E-state index in [4.69, 9.17) is 16.3 Å². The van der Waals surface area contributed by atoms with Crippen molar-refractivity contribution in [1.82, 2.24) is 0 Å². The van der Waals surface area contributed by atoms with Crippen molar-refractivity contribution in [1.29, 1.82) is 0 Å². The van der Waals surface area contributed by atoms with Crippen molar-refractivity contribution < 1.29 is 14.3 Å². The van der Waals surface area contributed by atoms with Crippen LogP contribution in [0.25, 0.3) is 0 Å². The smallest absolute Gasteiger partial charge is 0.344 e.